The van der Waals surface area contributed by atoms with E-state index in [-0.39, 0.29) is 12.3 Å². The second-order valence-corrected chi connectivity index (χ2v) is 4.90. The Bertz CT molecular complexity index is 642. The average molecular weight is 296 g/mol. The first-order chi connectivity index (χ1) is 9.75. The molecule has 0 aliphatic rings. The Kier molecular flexibility index (Phi) is 4.06. The van der Waals surface area contributed by atoms with Crippen molar-refractivity contribution in [1.82, 2.24) is 4.98 Å². The molecule has 0 saturated carbocycles. The second-order valence-electron chi connectivity index (χ2n) is 4.90. The minimum Gasteiger partial charge on any atom is -0.362 e. The molecule has 2 aromatic rings. The summed E-state index contributed by atoms with van der Waals surface area (Å²) in [6.07, 6.45) is -4.19. The Hall–Kier alpha value is -2.24. The molecule has 1 amide bonds. The number of aromatic nitrogens is 1. The summed E-state index contributed by atoms with van der Waals surface area (Å²) in [6, 6.07) is 6.26. The van der Waals surface area contributed by atoms with Crippen LogP contribution in [0.15, 0.2) is 30.3 Å². The maximum absolute atomic E-state index is 12.4. The van der Waals surface area contributed by atoms with Crippen LogP contribution in [0.1, 0.15) is 22.5 Å². The number of carbonyl (C=O) groups excluding carboxylic acids is 1. The van der Waals surface area contributed by atoms with Gasteiger partial charge in [0.1, 0.15) is 0 Å². The van der Waals surface area contributed by atoms with Crippen LogP contribution in [0, 0.1) is 13.8 Å². The number of aryl methyl sites for hydroxylation is 2. The highest BCUT2D eigenvalue weighted by atomic mass is 19.4. The van der Waals surface area contributed by atoms with Crippen molar-refractivity contribution in [3.63, 3.8) is 0 Å². The van der Waals surface area contributed by atoms with E-state index in [0.717, 1.165) is 29.1 Å². The van der Waals surface area contributed by atoms with Gasteiger partial charge in [-0.3, -0.25) is 4.79 Å². The van der Waals surface area contributed by atoms with Crippen molar-refractivity contribution in [1.29, 1.82) is 0 Å². The molecule has 1 aromatic heterocycles. The molecule has 21 heavy (non-hydrogen) atoms. The summed E-state index contributed by atoms with van der Waals surface area (Å²) in [7, 11) is 0. The highest BCUT2D eigenvalue weighted by molar-refractivity contribution is 5.92. The lowest BCUT2D eigenvalue weighted by Crippen LogP contribution is -2.15. The number of carbonyl (C=O) groups is 1. The summed E-state index contributed by atoms with van der Waals surface area (Å²) in [5, 5.41) is 2.59. The maximum Gasteiger partial charge on any atom is 0.416 e. The smallest absolute Gasteiger partial charge is 0.362 e. The number of rotatable bonds is 3. The molecule has 0 spiro atoms. The van der Waals surface area contributed by atoms with E-state index < -0.39 is 11.7 Å². The fraction of sp³-hybridized carbons (Fsp3) is 0.267. The van der Waals surface area contributed by atoms with Gasteiger partial charge < -0.3 is 10.3 Å². The summed E-state index contributed by atoms with van der Waals surface area (Å²) in [5.41, 5.74) is 2.35. The molecule has 0 aliphatic heterocycles. The number of hydrogen-bond donors (Lipinski definition) is 2. The topological polar surface area (TPSA) is 44.9 Å². The molecule has 0 unspecified atom stereocenters. The van der Waals surface area contributed by atoms with Gasteiger partial charge in [0.25, 0.3) is 0 Å². The Morgan fingerprint density at radius 1 is 1.19 bits per heavy atom. The molecule has 0 aliphatic carbocycles. The first-order valence-electron chi connectivity index (χ1n) is 6.38. The first-order valence-corrected chi connectivity index (χ1v) is 6.38. The molecule has 0 bridgehead atoms. The van der Waals surface area contributed by atoms with Gasteiger partial charge in [0.2, 0.25) is 5.91 Å². The van der Waals surface area contributed by atoms with Crippen LogP contribution < -0.4 is 5.32 Å². The third-order valence-corrected chi connectivity index (χ3v) is 3.10. The molecule has 0 atom stereocenters. The van der Waals surface area contributed by atoms with Gasteiger partial charge in [0.05, 0.1) is 12.0 Å². The lowest BCUT2D eigenvalue weighted by molar-refractivity contribution is -0.137. The standard InChI is InChI=1S/C15H15F3N2O/c1-9-7-11(10(2)19-9)8-14(21)20-13-5-3-12(4-6-13)15(16,17)18/h3-7,19H,8H2,1-2H3,(H,20,21). The molecule has 0 radical (unpaired) electrons. The minimum atomic E-state index is -4.37. The van der Waals surface area contributed by atoms with E-state index in [2.05, 4.69) is 10.3 Å². The summed E-state index contributed by atoms with van der Waals surface area (Å²) >= 11 is 0. The number of amides is 1. The Labute approximate surface area is 120 Å². The molecule has 112 valence electrons. The number of benzene rings is 1. The van der Waals surface area contributed by atoms with Crippen molar-refractivity contribution >= 4 is 11.6 Å². The lowest BCUT2D eigenvalue weighted by Gasteiger charge is -2.08. The molecule has 1 aromatic carbocycles. The molecule has 0 saturated heterocycles. The molecule has 1 heterocycles. The fourth-order valence-electron chi connectivity index (χ4n) is 2.09. The average Bonchev–Trinajstić information content (AvgIpc) is 2.67. The van der Waals surface area contributed by atoms with E-state index in [1.54, 1.807) is 0 Å². The number of H-pyrrole nitrogens is 1. The van der Waals surface area contributed by atoms with Gasteiger partial charge in [-0.2, -0.15) is 13.2 Å². The van der Waals surface area contributed by atoms with Crippen LogP contribution in [0.3, 0.4) is 0 Å². The van der Waals surface area contributed by atoms with Crippen molar-refractivity contribution in [2.45, 2.75) is 26.4 Å². The van der Waals surface area contributed by atoms with Crippen LogP contribution >= 0.6 is 0 Å². The summed E-state index contributed by atoms with van der Waals surface area (Å²) < 4.78 is 37.3. The molecule has 3 nitrogen and oxygen atoms in total. The quantitative estimate of drug-likeness (QED) is 0.888. The third-order valence-electron chi connectivity index (χ3n) is 3.10. The molecule has 2 N–H and O–H groups in total. The minimum absolute atomic E-state index is 0.178. The van der Waals surface area contributed by atoms with Crippen LogP contribution in [-0.4, -0.2) is 10.9 Å². The van der Waals surface area contributed by atoms with E-state index in [1.807, 2.05) is 19.9 Å². The van der Waals surface area contributed by atoms with Gasteiger partial charge in [0.15, 0.2) is 0 Å². The van der Waals surface area contributed by atoms with Crippen molar-refractivity contribution in [2.24, 2.45) is 0 Å². The van der Waals surface area contributed by atoms with Gasteiger partial charge in [0, 0.05) is 17.1 Å². The van der Waals surface area contributed by atoms with E-state index in [1.165, 1.54) is 12.1 Å². The summed E-state index contributed by atoms with van der Waals surface area (Å²) in [5.74, 6) is -0.267. The van der Waals surface area contributed by atoms with Gasteiger partial charge in [-0.25, -0.2) is 0 Å². The van der Waals surface area contributed by atoms with Crippen LogP contribution in [-0.2, 0) is 17.4 Å². The molecular formula is C15H15F3N2O. The number of anilines is 1. The van der Waals surface area contributed by atoms with Gasteiger partial charge >= 0.3 is 6.18 Å². The number of halogens is 3. The van der Waals surface area contributed by atoms with Gasteiger partial charge in [-0.1, -0.05) is 0 Å². The van der Waals surface area contributed by atoms with Crippen LogP contribution in [0.25, 0.3) is 0 Å². The van der Waals surface area contributed by atoms with E-state index in [9.17, 15) is 18.0 Å². The molecule has 6 heteroatoms. The highest BCUT2D eigenvalue weighted by Crippen LogP contribution is 2.29. The molecule has 0 fully saturated rings. The number of aromatic amines is 1. The predicted octanol–water partition coefficient (Wildman–Crippen LogP) is 3.83. The Balaban J connectivity index is 2.01. The molecular weight excluding hydrogens is 281 g/mol. The van der Waals surface area contributed by atoms with Crippen LogP contribution in [0.4, 0.5) is 18.9 Å². The highest BCUT2D eigenvalue weighted by Gasteiger charge is 2.29. The fourth-order valence-corrected chi connectivity index (χ4v) is 2.09. The second kappa shape index (κ2) is 5.63. The largest absolute Gasteiger partial charge is 0.416 e. The van der Waals surface area contributed by atoms with Crippen molar-refractivity contribution in [2.75, 3.05) is 5.32 Å². The summed E-state index contributed by atoms with van der Waals surface area (Å²) in [4.78, 5) is 15.0. The number of nitrogens with one attached hydrogen (secondary N) is 2. The van der Waals surface area contributed by atoms with Crippen LogP contribution in [0.2, 0.25) is 0 Å². The predicted molar refractivity (Wildman–Crippen MR) is 74.0 cm³/mol. The zero-order chi connectivity index (χ0) is 15.6. The lowest BCUT2D eigenvalue weighted by atomic mass is 10.1. The van der Waals surface area contributed by atoms with Gasteiger partial charge in [-0.15, -0.1) is 0 Å². The molecule has 2 rings (SSSR count). The maximum atomic E-state index is 12.4. The Morgan fingerprint density at radius 2 is 1.81 bits per heavy atom. The first kappa shape index (κ1) is 15.2. The van der Waals surface area contributed by atoms with Crippen molar-refractivity contribution in [3.8, 4) is 0 Å². The number of alkyl halides is 3. The SMILES string of the molecule is Cc1cc(CC(=O)Nc2ccc(C(F)(F)F)cc2)c(C)[nH]1. The van der Waals surface area contributed by atoms with E-state index in [0.29, 0.717) is 5.69 Å². The van der Waals surface area contributed by atoms with E-state index in [4.69, 9.17) is 0 Å². The van der Waals surface area contributed by atoms with E-state index >= 15 is 0 Å². The number of hydrogen-bond acceptors (Lipinski definition) is 1. The monoisotopic (exact) mass is 296 g/mol. The zero-order valence-corrected chi connectivity index (χ0v) is 11.6. The summed E-state index contributed by atoms with van der Waals surface area (Å²) in [6.45, 7) is 3.76. The van der Waals surface area contributed by atoms with Gasteiger partial charge in [-0.05, 0) is 49.7 Å². The van der Waals surface area contributed by atoms with Crippen molar-refractivity contribution in [3.05, 3.63) is 52.8 Å². The third kappa shape index (κ3) is 3.87. The Morgan fingerprint density at radius 3 is 2.29 bits per heavy atom. The van der Waals surface area contributed by atoms with Crippen LogP contribution in [0.5, 0.6) is 0 Å². The van der Waals surface area contributed by atoms with Crippen molar-refractivity contribution < 1.29 is 18.0 Å². The normalized spacial score (nSPS) is 11.5. The zero-order valence-electron chi connectivity index (χ0n) is 11.6.